The maximum absolute atomic E-state index is 8.49. The highest BCUT2D eigenvalue weighted by molar-refractivity contribution is 6.31. The van der Waals surface area contributed by atoms with Crippen LogP contribution in [0.15, 0.2) is 6.20 Å². The lowest BCUT2D eigenvalue weighted by molar-refractivity contribution is 0.601. The van der Waals surface area contributed by atoms with Gasteiger partial charge in [0.2, 0.25) is 0 Å². The lowest BCUT2D eigenvalue weighted by Gasteiger charge is -1.93. The first kappa shape index (κ1) is 8.09. The number of halogens is 1. The summed E-state index contributed by atoms with van der Waals surface area (Å²) < 4.78 is 1.68. The Balaban J connectivity index is 2.89. The maximum atomic E-state index is 8.49. The SMILES string of the molecule is CCCn1cc(Cl)c(C#N)n1. The summed E-state index contributed by atoms with van der Waals surface area (Å²) in [6, 6.07) is 1.91. The topological polar surface area (TPSA) is 41.6 Å². The molecule has 0 bridgehead atoms. The molecule has 0 fully saturated rings. The van der Waals surface area contributed by atoms with E-state index in [9.17, 15) is 0 Å². The van der Waals surface area contributed by atoms with Gasteiger partial charge in [-0.25, -0.2) is 0 Å². The average Bonchev–Trinajstić information content (AvgIpc) is 2.32. The largest absolute Gasteiger partial charge is 0.270 e. The Bertz CT molecular complexity index is 284. The van der Waals surface area contributed by atoms with E-state index in [1.54, 1.807) is 10.9 Å². The van der Waals surface area contributed by atoms with E-state index in [2.05, 4.69) is 5.10 Å². The van der Waals surface area contributed by atoms with Gasteiger partial charge in [0.25, 0.3) is 0 Å². The second kappa shape index (κ2) is 3.40. The Morgan fingerprint density at radius 2 is 2.55 bits per heavy atom. The van der Waals surface area contributed by atoms with Crippen molar-refractivity contribution in [3.8, 4) is 6.07 Å². The van der Waals surface area contributed by atoms with Crippen LogP contribution in [0.4, 0.5) is 0 Å². The Morgan fingerprint density at radius 3 is 3.00 bits per heavy atom. The molecule has 0 aliphatic heterocycles. The van der Waals surface area contributed by atoms with E-state index in [0.717, 1.165) is 13.0 Å². The predicted molar refractivity (Wildman–Crippen MR) is 42.2 cm³/mol. The van der Waals surface area contributed by atoms with Crippen molar-refractivity contribution in [3.05, 3.63) is 16.9 Å². The fraction of sp³-hybridized carbons (Fsp3) is 0.429. The summed E-state index contributed by atoms with van der Waals surface area (Å²) >= 11 is 5.67. The van der Waals surface area contributed by atoms with Gasteiger partial charge in [-0.3, -0.25) is 4.68 Å². The minimum atomic E-state index is 0.306. The summed E-state index contributed by atoms with van der Waals surface area (Å²) in [7, 11) is 0. The summed E-state index contributed by atoms with van der Waals surface area (Å²) in [5.74, 6) is 0. The van der Waals surface area contributed by atoms with Crippen molar-refractivity contribution < 1.29 is 0 Å². The molecule has 0 radical (unpaired) electrons. The van der Waals surface area contributed by atoms with Gasteiger partial charge in [0.05, 0.1) is 5.02 Å². The van der Waals surface area contributed by atoms with Gasteiger partial charge >= 0.3 is 0 Å². The molecule has 11 heavy (non-hydrogen) atoms. The minimum absolute atomic E-state index is 0.306. The van der Waals surface area contributed by atoms with Crippen LogP contribution in [0.3, 0.4) is 0 Å². The van der Waals surface area contributed by atoms with E-state index in [4.69, 9.17) is 16.9 Å². The summed E-state index contributed by atoms with van der Waals surface area (Å²) in [5.41, 5.74) is 0.306. The number of aryl methyl sites for hydroxylation is 1. The third kappa shape index (κ3) is 1.72. The molecule has 0 spiro atoms. The van der Waals surface area contributed by atoms with Crippen LogP contribution in [0.25, 0.3) is 0 Å². The van der Waals surface area contributed by atoms with Gasteiger partial charge in [-0.05, 0) is 6.42 Å². The van der Waals surface area contributed by atoms with Gasteiger partial charge < -0.3 is 0 Å². The van der Waals surface area contributed by atoms with Gasteiger partial charge in [-0.1, -0.05) is 18.5 Å². The van der Waals surface area contributed by atoms with Gasteiger partial charge in [0.15, 0.2) is 5.69 Å². The number of nitrogens with zero attached hydrogens (tertiary/aromatic N) is 3. The number of aromatic nitrogens is 2. The van der Waals surface area contributed by atoms with Gasteiger partial charge in [-0.15, -0.1) is 0 Å². The second-order valence-electron chi connectivity index (χ2n) is 2.20. The Labute approximate surface area is 70.2 Å². The lowest BCUT2D eigenvalue weighted by atomic mass is 10.5. The maximum Gasteiger partial charge on any atom is 0.181 e. The van der Waals surface area contributed by atoms with Crippen LogP contribution in [0.5, 0.6) is 0 Å². The standard InChI is InChI=1S/C7H8ClN3/c1-2-3-11-5-6(8)7(4-9)10-11/h5H,2-3H2,1H3. The quantitative estimate of drug-likeness (QED) is 0.678. The average molecular weight is 170 g/mol. The van der Waals surface area contributed by atoms with Crippen LogP contribution in [-0.2, 0) is 6.54 Å². The van der Waals surface area contributed by atoms with E-state index in [1.807, 2.05) is 13.0 Å². The van der Waals surface area contributed by atoms with Crippen LogP contribution in [0, 0.1) is 11.3 Å². The molecule has 1 rings (SSSR count). The molecular weight excluding hydrogens is 162 g/mol. The van der Waals surface area contributed by atoms with Gasteiger partial charge in [-0.2, -0.15) is 10.4 Å². The molecule has 0 aromatic carbocycles. The number of hydrogen-bond acceptors (Lipinski definition) is 2. The molecule has 0 aliphatic carbocycles. The van der Waals surface area contributed by atoms with Crippen molar-refractivity contribution in [2.24, 2.45) is 0 Å². The first-order valence-electron chi connectivity index (χ1n) is 3.41. The zero-order valence-corrected chi connectivity index (χ0v) is 6.97. The molecule has 4 heteroatoms. The summed E-state index contributed by atoms with van der Waals surface area (Å²) in [5, 5.41) is 12.9. The molecule has 58 valence electrons. The van der Waals surface area contributed by atoms with E-state index in [-0.39, 0.29) is 0 Å². The van der Waals surface area contributed by atoms with Crippen LogP contribution in [-0.4, -0.2) is 9.78 Å². The van der Waals surface area contributed by atoms with Crippen LogP contribution in [0.2, 0.25) is 5.02 Å². The summed E-state index contributed by atoms with van der Waals surface area (Å²) in [6.45, 7) is 2.85. The minimum Gasteiger partial charge on any atom is -0.270 e. The predicted octanol–water partition coefficient (Wildman–Crippen LogP) is 1.82. The normalized spacial score (nSPS) is 9.55. The van der Waals surface area contributed by atoms with E-state index in [1.165, 1.54) is 0 Å². The van der Waals surface area contributed by atoms with Crippen LogP contribution in [0.1, 0.15) is 19.0 Å². The fourth-order valence-electron chi connectivity index (χ4n) is 0.816. The monoisotopic (exact) mass is 169 g/mol. The number of nitriles is 1. The molecular formula is C7H8ClN3. The van der Waals surface area contributed by atoms with E-state index >= 15 is 0 Å². The van der Waals surface area contributed by atoms with E-state index in [0.29, 0.717) is 10.7 Å². The molecule has 0 aliphatic rings. The molecule has 0 saturated heterocycles. The highest BCUT2D eigenvalue weighted by atomic mass is 35.5. The molecule has 3 nitrogen and oxygen atoms in total. The van der Waals surface area contributed by atoms with Crippen molar-refractivity contribution in [2.75, 3.05) is 0 Å². The van der Waals surface area contributed by atoms with Gasteiger partial charge in [0, 0.05) is 12.7 Å². The van der Waals surface area contributed by atoms with Gasteiger partial charge in [0.1, 0.15) is 6.07 Å². The van der Waals surface area contributed by atoms with Crippen molar-refractivity contribution in [2.45, 2.75) is 19.9 Å². The van der Waals surface area contributed by atoms with Crippen molar-refractivity contribution in [1.82, 2.24) is 9.78 Å². The van der Waals surface area contributed by atoms with E-state index < -0.39 is 0 Å². The molecule has 0 unspecified atom stereocenters. The summed E-state index contributed by atoms with van der Waals surface area (Å²) in [4.78, 5) is 0. The lowest BCUT2D eigenvalue weighted by Crippen LogP contribution is -1.96. The molecule has 0 saturated carbocycles. The van der Waals surface area contributed by atoms with Crippen molar-refractivity contribution in [3.63, 3.8) is 0 Å². The second-order valence-corrected chi connectivity index (χ2v) is 2.61. The molecule has 0 N–H and O–H groups in total. The third-order valence-corrected chi connectivity index (χ3v) is 1.55. The molecule has 1 aromatic heterocycles. The highest BCUT2D eigenvalue weighted by Gasteiger charge is 2.03. The fourth-order valence-corrected chi connectivity index (χ4v) is 1.01. The Hall–Kier alpha value is -1.01. The Kier molecular flexibility index (Phi) is 2.50. The molecule has 0 atom stereocenters. The number of rotatable bonds is 2. The van der Waals surface area contributed by atoms with Crippen LogP contribution >= 0.6 is 11.6 Å². The molecule has 1 heterocycles. The number of hydrogen-bond donors (Lipinski definition) is 0. The summed E-state index contributed by atoms with van der Waals surface area (Å²) in [6.07, 6.45) is 2.66. The van der Waals surface area contributed by atoms with Crippen molar-refractivity contribution >= 4 is 11.6 Å². The van der Waals surface area contributed by atoms with Crippen LogP contribution < -0.4 is 0 Å². The van der Waals surface area contributed by atoms with Crippen molar-refractivity contribution in [1.29, 1.82) is 5.26 Å². The smallest absolute Gasteiger partial charge is 0.181 e. The molecule has 1 aromatic rings. The first-order chi connectivity index (χ1) is 5.27. The molecule has 0 amide bonds. The third-order valence-electron chi connectivity index (χ3n) is 1.28. The highest BCUT2D eigenvalue weighted by Crippen LogP contribution is 2.12. The zero-order chi connectivity index (χ0) is 8.27. The zero-order valence-electron chi connectivity index (χ0n) is 6.21. The Morgan fingerprint density at radius 1 is 1.82 bits per heavy atom. The first-order valence-corrected chi connectivity index (χ1v) is 3.78.